The number of rotatable bonds is 6. The first-order valence-corrected chi connectivity index (χ1v) is 6.76. The van der Waals surface area contributed by atoms with Gasteiger partial charge in [0.05, 0.1) is 4.92 Å². The molecule has 0 aliphatic heterocycles. The number of hydrogen-bond donors (Lipinski definition) is 3. The van der Waals surface area contributed by atoms with Crippen molar-refractivity contribution in [1.29, 1.82) is 0 Å². The molecule has 7 nitrogen and oxygen atoms in total. The lowest BCUT2D eigenvalue weighted by Gasteiger charge is -2.29. The quantitative estimate of drug-likeness (QED) is 0.554. The number of amides is 2. The number of hydrogen-bond acceptors (Lipinski definition) is 4. The fourth-order valence-electron chi connectivity index (χ4n) is 1.95. The van der Waals surface area contributed by atoms with Gasteiger partial charge in [-0.05, 0) is 38.8 Å². The van der Waals surface area contributed by atoms with Gasteiger partial charge in [-0.2, -0.15) is 0 Å². The summed E-state index contributed by atoms with van der Waals surface area (Å²) in [6.07, 6.45) is 1.14. The average molecular weight is 295 g/mol. The maximum Gasteiger partial charge on any atom is 0.319 e. The van der Waals surface area contributed by atoms with E-state index >= 15 is 0 Å². The van der Waals surface area contributed by atoms with Gasteiger partial charge in [-0.1, -0.05) is 6.92 Å². The van der Waals surface area contributed by atoms with E-state index in [4.69, 9.17) is 5.11 Å². The second kappa shape index (κ2) is 7.03. The molecule has 0 heterocycles. The third-order valence-corrected chi connectivity index (χ3v) is 3.51. The molecule has 1 aromatic carbocycles. The molecule has 21 heavy (non-hydrogen) atoms. The summed E-state index contributed by atoms with van der Waals surface area (Å²) in [5.41, 5.74) is 0.485. The van der Waals surface area contributed by atoms with Gasteiger partial charge in [-0.3, -0.25) is 10.1 Å². The van der Waals surface area contributed by atoms with Crippen molar-refractivity contribution in [1.82, 2.24) is 5.32 Å². The second-order valence-electron chi connectivity index (χ2n) is 5.23. The summed E-state index contributed by atoms with van der Waals surface area (Å²) in [7, 11) is 0. The van der Waals surface area contributed by atoms with Crippen LogP contribution in [0.5, 0.6) is 0 Å². The number of aliphatic hydroxyl groups is 1. The average Bonchev–Trinajstić information content (AvgIpc) is 2.38. The lowest BCUT2D eigenvalue weighted by molar-refractivity contribution is -0.385. The molecule has 0 aliphatic carbocycles. The number of nitrogens with one attached hydrogen (secondary N) is 2. The van der Waals surface area contributed by atoms with E-state index in [0.717, 1.165) is 0 Å². The number of nitro groups is 1. The standard InChI is InChI=1S/C14H21N3O4/c1-4-14(3,7-8-18)16-13(19)15-11-5-6-12(17(20)21)10(2)9-11/h5-6,9,18H,4,7-8H2,1-3H3,(H2,15,16,19)/t14-/m1/s1. The Bertz CT molecular complexity index is 533. The molecule has 0 aromatic heterocycles. The Morgan fingerprint density at radius 2 is 2.14 bits per heavy atom. The SMILES string of the molecule is CC[C@](C)(CCO)NC(=O)Nc1ccc([N+](=O)[O-])c(C)c1. The Hall–Kier alpha value is -2.15. The van der Waals surface area contributed by atoms with Crippen LogP contribution >= 0.6 is 0 Å². The van der Waals surface area contributed by atoms with Crippen LogP contribution in [0.25, 0.3) is 0 Å². The first-order valence-electron chi connectivity index (χ1n) is 6.76. The monoisotopic (exact) mass is 295 g/mol. The second-order valence-corrected chi connectivity index (χ2v) is 5.23. The predicted octanol–water partition coefficient (Wildman–Crippen LogP) is 2.58. The number of benzene rings is 1. The largest absolute Gasteiger partial charge is 0.396 e. The van der Waals surface area contributed by atoms with Crippen LogP contribution < -0.4 is 10.6 Å². The molecule has 2 amide bonds. The summed E-state index contributed by atoms with van der Waals surface area (Å²) >= 11 is 0. The van der Waals surface area contributed by atoms with Gasteiger partial charge in [0.2, 0.25) is 0 Å². The molecular formula is C14H21N3O4. The van der Waals surface area contributed by atoms with Crippen LogP contribution in [0.3, 0.4) is 0 Å². The Balaban J connectivity index is 2.75. The zero-order valence-electron chi connectivity index (χ0n) is 12.5. The van der Waals surface area contributed by atoms with Gasteiger partial charge < -0.3 is 15.7 Å². The maximum atomic E-state index is 12.0. The van der Waals surface area contributed by atoms with Crippen LogP contribution in [0.4, 0.5) is 16.2 Å². The summed E-state index contributed by atoms with van der Waals surface area (Å²) in [5.74, 6) is 0. The maximum absolute atomic E-state index is 12.0. The van der Waals surface area contributed by atoms with Gasteiger partial charge in [0.1, 0.15) is 0 Å². The number of nitro benzene ring substituents is 1. The topological polar surface area (TPSA) is 104 Å². The molecule has 0 unspecified atom stereocenters. The predicted molar refractivity (Wildman–Crippen MR) is 80.4 cm³/mol. The van der Waals surface area contributed by atoms with E-state index in [1.807, 2.05) is 13.8 Å². The number of anilines is 1. The van der Waals surface area contributed by atoms with E-state index in [1.165, 1.54) is 12.1 Å². The van der Waals surface area contributed by atoms with Gasteiger partial charge in [-0.15, -0.1) is 0 Å². The Labute approximate surface area is 123 Å². The van der Waals surface area contributed by atoms with Crippen LogP contribution in [0.1, 0.15) is 32.3 Å². The van der Waals surface area contributed by atoms with E-state index < -0.39 is 16.5 Å². The number of carbonyl (C=O) groups excluding carboxylic acids is 1. The highest BCUT2D eigenvalue weighted by Gasteiger charge is 2.23. The summed E-state index contributed by atoms with van der Waals surface area (Å²) < 4.78 is 0. The molecule has 0 aliphatic rings. The minimum atomic E-state index is -0.491. The molecule has 0 saturated heterocycles. The van der Waals surface area contributed by atoms with Crippen molar-refractivity contribution in [2.75, 3.05) is 11.9 Å². The van der Waals surface area contributed by atoms with E-state index in [0.29, 0.717) is 24.1 Å². The number of aliphatic hydroxyl groups excluding tert-OH is 1. The van der Waals surface area contributed by atoms with Crippen LogP contribution in [-0.2, 0) is 0 Å². The van der Waals surface area contributed by atoms with Gasteiger partial charge in [-0.25, -0.2) is 4.79 Å². The van der Waals surface area contributed by atoms with Crippen LogP contribution in [0, 0.1) is 17.0 Å². The van der Waals surface area contributed by atoms with Gasteiger partial charge in [0.15, 0.2) is 0 Å². The lowest BCUT2D eigenvalue weighted by Crippen LogP contribution is -2.48. The molecule has 3 N–H and O–H groups in total. The molecule has 0 saturated carbocycles. The molecular weight excluding hydrogens is 274 g/mol. The molecule has 116 valence electrons. The molecule has 0 radical (unpaired) electrons. The zero-order valence-corrected chi connectivity index (χ0v) is 12.5. The number of nitrogens with zero attached hydrogens (tertiary/aromatic N) is 1. The van der Waals surface area contributed by atoms with Crippen molar-refractivity contribution < 1.29 is 14.8 Å². The third kappa shape index (κ3) is 4.71. The highest BCUT2D eigenvalue weighted by Crippen LogP contribution is 2.22. The highest BCUT2D eigenvalue weighted by atomic mass is 16.6. The number of aryl methyl sites for hydroxylation is 1. The Morgan fingerprint density at radius 1 is 1.48 bits per heavy atom. The first-order chi connectivity index (χ1) is 9.81. The summed E-state index contributed by atoms with van der Waals surface area (Å²) in [6, 6.07) is 3.99. The van der Waals surface area contributed by atoms with Crippen molar-refractivity contribution in [3.8, 4) is 0 Å². The van der Waals surface area contributed by atoms with E-state index in [-0.39, 0.29) is 12.3 Å². The molecule has 7 heteroatoms. The number of carbonyl (C=O) groups is 1. The lowest BCUT2D eigenvalue weighted by atomic mass is 9.95. The van der Waals surface area contributed by atoms with E-state index in [2.05, 4.69) is 10.6 Å². The van der Waals surface area contributed by atoms with Crippen LogP contribution in [0.15, 0.2) is 18.2 Å². The smallest absolute Gasteiger partial charge is 0.319 e. The molecule has 1 atom stereocenters. The zero-order chi connectivity index (χ0) is 16.0. The summed E-state index contributed by atoms with van der Waals surface area (Å²) in [6.45, 7) is 5.38. The van der Waals surface area contributed by atoms with E-state index in [1.54, 1.807) is 13.0 Å². The molecule has 0 fully saturated rings. The van der Waals surface area contributed by atoms with Crippen molar-refractivity contribution in [2.24, 2.45) is 0 Å². The molecule has 0 bridgehead atoms. The van der Waals surface area contributed by atoms with Crippen molar-refractivity contribution in [3.05, 3.63) is 33.9 Å². The van der Waals surface area contributed by atoms with Crippen LogP contribution in [-0.4, -0.2) is 28.2 Å². The first kappa shape index (κ1) is 16.9. The Morgan fingerprint density at radius 3 is 2.62 bits per heavy atom. The molecule has 0 spiro atoms. The fourth-order valence-corrected chi connectivity index (χ4v) is 1.95. The van der Waals surface area contributed by atoms with Gasteiger partial charge in [0.25, 0.3) is 5.69 Å². The van der Waals surface area contributed by atoms with Crippen LogP contribution in [0.2, 0.25) is 0 Å². The minimum absolute atomic E-state index is 0.0126. The van der Waals surface area contributed by atoms with Gasteiger partial charge >= 0.3 is 6.03 Å². The Kier molecular flexibility index (Phi) is 5.66. The minimum Gasteiger partial charge on any atom is -0.396 e. The third-order valence-electron chi connectivity index (χ3n) is 3.51. The van der Waals surface area contributed by atoms with Gasteiger partial charge in [0, 0.05) is 29.5 Å². The fraction of sp³-hybridized carbons (Fsp3) is 0.500. The number of urea groups is 1. The molecule has 1 rings (SSSR count). The van der Waals surface area contributed by atoms with Crippen molar-refractivity contribution >= 4 is 17.4 Å². The highest BCUT2D eigenvalue weighted by molar-refractivity contribution is 5.90. The summed E-state index contributed by atoms with van der Waals surface area (Å²) in [5, 5.41) is 25.2. The molecule has 1 aromatic rings. The summed E-state index contributed by atoms with van der Waals surface area (Å²) in [4.78, 5) is 22.2. The normalized spacial score (nSPS) is 13.3. The van der Waals surface area contributed by atoms with Crippen molar-refractivity contribution in [2.45, 2.75) is 39.2 Å². The van der Waals surface area contributed by atoms with Crippen molar-refractivity contribution in [3.63, 3.8) is 0 Å². The van der Waals surface area contributed by atoms with E-state index in [9.17, 15) is 14.9 Å².